The SMILES string of the molecule is CCC(/C=C/c1cncc(Cl)c1)=N\O. The van der Waals surface area contributed by atoms with E-state index in [1.54, 1.807) is 30.6 Å². The van der Waals surface area contributed by atoms with Gasteiger partial charge in [-0.05, 0) is 24.1 Å². The number of oxime groups is 1. The maximum absolute atomic E-state index is 8.55. The molecule has 0 aromatic carbocycles. The Morgan fingerprint density at radius 1 is 1.64 bits per heavy atom. The topological polar surface area (TPSA) is 45.5 Å². The van der Waals surface area contributed by atoms with Crippen molar-refractivity contribution in [2.45, 2.75) is 13.3 Å². The highest BCUT2D eigenvalue weighted by Gasteiger charge is 1.92. The van der Waals surface area contributed by atoms with Crippen LogP contribution in [0.3, 0.4) is 0 Å². The molecule has 74 valence electrons. The summed E-state index contributed by atoms with van der Waals surface area (Å²) in [5, 5.41) is 12.3. The van der Waals surface area contributed by atoms with Gasteiger partial charge >= 0.3 is 0 Å². The van der Waals surface area contributed by atoms with Crippen molar-refractivity contribution < 1.29 is 5.21 Å². The van der Waals surface area contributed by atoms with Crippen LogP contribution in [0, 0.1) is 0 Å². The van der Waals surface area contributed by atoms with Crippen LogP contribution >= 0.6 is 11.6 Å². The molecule has 3 nitrogen and oxygen atoms in total. The molecule has 0 aliphatic heterocycles. The molecule has 0 atom stereocenters. The zero-order valence-corrected chi connectivity index (χ0v) is 8.57. The first-order valence-corrected chi connectivity index (χ1v) is 4.63. The summed E-state index contributed by atoms with van der Waals surface area (Å²) in [6, 6.07) is 1.79. The molecule has 1 aromatic heterocycles. The predicted octanol–water partition coefficient (Wildman–Crippen LogP) is 2.99. The maximum atomic E-state index is 8.55. The fraction of sp³-hybridized carbons (Fsp3) is 0.200. The highest BCUT2D eigenvalue weighted by Crippen LogP contribution is 2.09. The monoisotopic (exact) mass is 210 g/mol. The molecule has 1 N–H and O–H groups in total. The molecule has 0 saturated carbocycles. The van der Waals surface area contributed by atoms with Crippen molar-refractivity contribution in [3.8, 4) is 0 Å². The van der Waals surface area contributed by atoms with Crippen LogP contribution in [0.5, 0.6) is 0 Å². The molecule has 0 unspecified atom stereocenters. The highest BCUT2D eigenvalue weighted by atomic mass is 35.5. The van der Waals surface area contributed by atoms with Crippen molar-refractivity contribution in [1.82, 2.24) is 4.98 Å². The van der Waals surface area contributed by atoms with Crippen LogP contribution in [0.15, 0.2) is 29.7 Å². The van der Waals surface area contributed by atoms with Gasteiger partial charge in [0, 0.05) is 12.4 Å². The Morgan fingerprint density at radius 3 is 3.00 bits per heavy atom. The van der Waals surface area contributed by atoms with E-state index in [1.165, 1.54) is 0 Å². The lowest BCUT2D eigenvalue weighted by Gasteiger charge is -1.94. The van der Waals surface area contributed by atoms with Crippen molar-refractivity contribution in [1.29, 1.82) is 0 Å². The summed E-state index contributed by atoms with van der Waals surface area (Å²) >= 11 is 5.75. The average molecular weight is 211 g/mol. The van der Waals surface area contributed by atoms with Crippen molar-refractivity contribution >= 4 is 23.4 Å². The molecular weight excluding hydrogens is 200 g/mol. The van der Waals surface area contributed by atoms with Gasteiger partial charge in [-0.25, -0.2) is 0 Å². The molecule has 0 amide bonds. The predicted molar refractivity (Wildman–Crippen MR) is 57.8 cm³/mol. The summed E-state index contributed by atoms with van der Waals surface area (Å²) in [6.45, 7) is 1.91. The zero-order chi connectivity index (χ0) is 10.4. The molecule has 1 heterocycles. The van der Waals surface area contributed by atoms with Gasteiger partial charge in [-0.2, -0.15) is 0 Å². The minimum Gasteiger partial charge on any atom is -0.411 e. The van der Waals surface area contributed by atoms with Gasteiger partial charge in [0.2, 0.25) is 0 Å². The van der Waals surface area contributed by atoms with E-state index in [4.69, 9.17) is 16.8 Å². The third-order valence-electron chi connectivity index (χ3n) is 1.68. The van der Waals surface area contributed by atoms with E-state index in [2.05, 4.69) is 10.1 Å². The minimum absolute atomic E-state index is 0.589. The molecule has 1 aromatic rings. The number of pyridine rings is 1. The number of allylic oxidation sites excluding steroid dienone is 1. The fourth-order valence-corrected chi connectivity index (χ4v) is 1.12. The molecule has 0 spiro atoms. The molecule has 0 saturated heterocycles. The number of hydrogen-bond donors (Lipinski definition) is 1. The maximum Gasteiger partial charge on any atom is 0.0793 e. The van der Waals surface area contributed by atoms with Gasteiger partial charge in [-0.15, -0.1) is 0 Å². The number of hydrogen-bond acceptors (Lipinski definition) is 3. The van der Waals surface area contributed by atoms with E-state index >= 15 is 0 Å². The van der Waals surface area contributed by atoms with Gasteiger partial charge in [0.05, 0.1) is 10.7 Å². The van der Waals surface area contributed by atoms with Crippen LogP contribution in [-0.2, 0) is 0 Å². The number of rotatable bonds is 3. The van der Waals surface area contributed by atoms with Gasteiger partial charge in [0.1, 0.15) is 0 Å². The molecule has 0 aliphatic rings. The molecule has 0 fully saturated rings. The second-order valence-corrected chi connectivity index (χ2v) is 3.15. The van der Waals surface area contributed by atoms with E-state index in [9.17, 15) is 0 Å². The second-order valence-electron chi connectivity index (χ2n) is 2.71. The molecule has 0 aliphatic carbocycles. The third kappa shape index (κ3) is 3.18. The fourth-order valence-electron chi connectivity index (χ4n) is 0.934. The van der Waals surface area contributed by atoms with Crippen LogP contribution < -0.4 is 0 Å². The highest BCUT2D eigenvalue weighted by molar-refractivity contribution is 6.30. The Hall–Kier alpha value is -1.35. The summed E-state index contributed by atoms with van der Waals surface area (Å²) in [5.41, 5.74) is 1.50. The lowest BCUT2D eigenvalue weighted by molar-refractivity contribution is 0.318. The molecular formula is C10H11ClN2O. The minimum atomic E-state index is 0.589. The molecule has 0 radical (unpaired) electrons. The Morgan fingerprint density at radius 2 is 2.43 bits per heavy atom. The van der Waals surface area contributed by atoms with Crippen LogP contribution in [-0.4, -0.2) is 15.9 Å². The van der Waals surface area contributed by atoms with Gasteiger partial charge in [0.25, 0.3) is 0 Å². The van der Waals surface area contributed by atoms with Crippen molar-refractivity contribution in [2.75, 3.05) is 0 Å². The van der Waals surface area contributed by atoms with Crippen LogP contribution in [0.2, 0.25) is 5.02 Å². The summed E-state index contributed by atoms with van der Waals surface area (Å²) in [5.74, 6) is 0. The number of aromatic nitrogens is 1. The van der Waals surface area contributed by atoms with E-state index in [-0.39, 0.29) is 0 Å². The molecule has 4 heteroatoms. The molecule has 0 bridgehead atoms. The Kier molecular flexibility index (Phi) is 4.13. The van der Waals surface area contributed by atoms with Gasteiger partial charge < -0.3 is 5.21 Å². The first kappa shape index (κ1) is 10.7. The summed E-state index contributed by atoms with van der Waals surface area (Å²) in [6.07, 6.45) is 7.47. The van der Waals surface area contributed by atoms with Gasteiger partial charge in [-0.1, -0.05) is 29.8 Å². The van der Waals surface area contributed by atoms with Crippen LogP contribution in [0.1, 0.15) is 18.9 Å². The van der Waals surface area contributed by atoms with Gasteiger partial charge in [0.15, 0.2) is 0 Å². The van der Waals surface area contributed by atoms with E-state index in [0.717, 1.165) is 5.56 Å². The number of nitrogens with zero attached hydrogens (tertiary/aromatic N) is 2. The number of halogens is 1. The van der Waals surface area contributed by atoms with Crippen molar-refractivity contribution in [2.24, 2.45) is 5.16 Å². The van der Waals surface area contributed by atoms with E-state index < -0.39 is 0 Å². The lowest BCUT2D eigenvalue weighted by atomic mass is 10.2. The first-order valence-electron chi connectivity index (χ1n) is 4.26. The smallest absolute Gasteiger partial charge is 0.0793 e. The Labute approximate surface area is 87.7 Å². The normalized spacial score (nSPS) is 12.3. The molecule has 1 rings (SSSR count). The summed E-state index contributed by atoms with van der Waals surface area (Å²) in [4.78, 5) is 3.93. The summed E-state index contributed by atoms with van der Waals surface area (Å²) < 4.78 is 0. The standard InChI is InChI=1S/C10H11ClN2O/c1-2-10(13-14)4-3-8-5-9(11)7-12-6-8/h3-7,14H,2H2,1H3/b4-3+,13-10+. The second kappa shape index (κ2) is 5.40. The van der Waals surface area contributed by atoms with E-state index in [0.29, 0.717) is 17.2 Å². The van der Waals surface area contributed by atoms with Crippen LogP contribution in [0.25, 0.3) is 6.08 Å². The average Bonchev–Trinajstić information content (AvgIpc) is 2.19. The first-order chi connectivity index (χ1) is 6.76. The Bertz CT molecular complexity index is 361. The largest absolute Gasteiger partial charge is 0.411 e. The lowest BCUT2D eigenvalue weighted by Crippen LogP contribution is -1.89. The van der Waals surface area contributed by atoms with Crippen LogP contribution in [0.4, 0.5) is 0 Å². The summed E-state index contributed by atoms with van der Waals surface area (Å²) in [7, 11) is 0. The van der Waals surface area contributed by atoms with Crippen molar-refractivity contribution in [3.05, 3.63) is 35.1 Å². The third-order valence-corrected chi connectivity index (χ3v) is 1.89. The Balaban J connectivity index is 2.78. The quantitative estimate of drug-likeness (QED) is 0.474. The zero-order valence-electron chi connectivity index (χ0n) is 7.81. The van der Waals surface area contributed by atoms with Crippen molar-refractivity contribution in [3.63, 3.8) is 0 Å². The molecule has 14 heavy (non-hydrogen) atoms. The van der Waals surface area contributed by atoms with E-state index in [1.807, 2.05) is 6.92 Å². The van der Waals surface area contributed by atoms with Gasteiger partial charge in [-0.3, -0.25) is 4.98 Å².